The van der Waals surface area contributed by atoms with Gasteiger partial charge in [0.25, 0.3) is 15.9 Å². The lowest BCUT2D eigenvalue weighted by atomic mass is 10.1. The Kier molecular flexibility index (Phi) is 7.69. The number of carbonyl (C=O) groups excluding carboxylic acids is 1. The number of nitrogens with one attached hydrogen (secondary N) is 1. The summed E-state index contributed by atoms with van der Waals surface area (Å²) in [5, 5.41) is 11.0. The Hall–Kier alpha value is -3.41. The topological polar surface area (TPSA) is 101 Å². The average molecular weight is 527 g/mol. The Bertz CT molecular complexity index is 1410. The fourth-order valence-corrected chi connectivity index (χ4v) is 5.95. The largest absolute Gasteiger partial charge is 0.497 e. The molecule has 0 aliphatic rings. The zero-order chi connectivity index (χ0) is 24.8. The van der Waals surface area contributed by atoms with Crippen molar-refractivity contribution < 1.29 is 17.9 Å². The number of carbonyl (C=O) groups is 1. The molecule has 1 heterocycles. The van der Waals surface area contributed by atoms with Gasteiger partial charge in [-0.05, 0) is 48.2 Å². The number of anilines is 2. The first-order valence-electron chi connectivity index (χ1n) is 10.4. The van der Waals surface area contributed by atoms with Crippen LogP contribution in [0.25, 0.3) is 0 Å². The van der Waals surface area contributed by atoms with Crippen LogP contribution in [-0.4, -0.2) is 37.9 Å². The Morgan fingerprint density at radius 2 is 1.69 bits per heavy atom. The number of amides is 1. The fourth-order valence-electron chi connectivity index (χ4n) is 3.31. The van der Waals surface area contributed by atoms with E-state index in [1.165, 1.54) is 46.6 Å². The van der Waals surface area contributed by atoms with Gasteiger partial charge in [-0.15, -0.1) is 10.2 Å². The summed E-state index contributed by atoms with van der Waals surface area (Å²) in [6.45, 7) is 0.0366. The van der Waals surface area contributed by atoms with Gasteiger partial charge in [0, 0.05) is 0 Å². The lowest BCUT2D eigenvalue weighted by Gasteiger charge is -2.26. The first-order valence-corrected chi connectivity index (χ1v) is 13.9. The maximum atomic E-state index is 13.8. The van der Waals surface area contributed by atoms with Gasteiger partial charge in [-0.25, -0.2) is 8.42 Å². The highest BCUT2D eigenvalue weighted by atomic mass is 32.2. The van der Waals surface area contributed by atoms with E-state index in [0.29, 0.717) is 15.2 Å². The quantitative estimate of drug-likeness (QED) is 0.244. The summed E-state index contributed by atoms with van der Waals surface area (Å²) in [5.74, 6) is 0.0624. The zero-order valence-electron chi connectivity index (χ0n) is 18.9. The molecule has 0 fully saturated rings. The molecule has 0 aliphatic carbocycles. The molecular weight excluding hydrogens is 504 g/mol. The van der Waals surface area contributed by atoms with Gasteiger partial charge in [-0.1, -0.05) is 65.6 Å². The molecule has 0 radical (unpaired) electrons. The predicted octanol–water partition coefficient (Wildman–Crippen LogP) is 4.92. The molecule has 1 aromatic heterocycles. The molecule has 0 unspecified atom stereocenters. The maximum absolute atomic E-state index is 13.8. The number of hydrogen-bond donors (Lipinski definition) is 1. The van der Waals surface area contributed by atoms with E-state index in [-0.39, 0.29) is 22.7 Å². The summed E-state index contributed by atoms with van der Waals surface area (Å²) in [6, 6.07) is 21.9. The molecule has 0 saturated heterocycles. The normalized spacial score (nSPS) is 11.1. The second-order valence-electron chi connectivity index (χ2n) is 7.22. The number of nitrogens with zero attached hydrogens (tertiary/aromatic N) is 3. The van der Waals surface area contributed by atoms with E-state index in [1.54, 1.807) is 36.4 Å². The van der Waals surface area contributed by atoms with Crippen molar-refractivity contribution in [3.8, 4) is 5.75 Å². The van der Waals surface area contributed by atoms with Gasteiger partial charge in [0.05, 0.1) is 29.8 Å². The summed E-state index contributed by atoms with van der Waals surface area (Å²) in [4.78, 5) is 13.3. The number of benzene rings is 3. The smallest absolute Gasteiger partial charge is 0.264 e. The van der Waals surface area contributed by atoms with Crippen LogP contribution < -0.4 is 14.4 Å². The highest BCUT2D eigenvalue weighted by Gasteiger charge is 2.29. The third-order valence-electron chi connectivity index (χ3n) is 5.04. The van der Waals surface area contributed by atoms with Crippen molar-refractivity contribution in [1.29, 1.82) is 0 Å². The van der Waals surface area contributed by atoms with E-state index in [0.717, 1.165) is 5.56 Å². The second-order valence-corrected chi connectivity index (χ2v) is 11.1. The van der Waals surface area contributed by atoms with Gasteiger partial charge in [0.1, 0.15) is 5.75 Å². The minimum Gasteiger partial charge on any atom is -0.497 e. The first kappa shape index (κ1) is 24.7. The molecule has 3 aromatic carbocycles. The number of rotatable bonds is 9. The van der Waals surface area contributed by atoms with E-state index in [9.17, 15) is 13.2 Å². The van der Waals surface area contributed by atoms with E-state index in [4.69, 9.17) is 4.74 Å². The summed E-state index contributed by atoms with van der Waals surface area (Å²) in [5.41, 5.74) is 1.22. The molecule has 35 heavy (non-hydrogen) atoms. The lowest BCUT2D eigenvalue weighted by molar-refractivity contribution is 0.102. The van der Waals surface area contributed by atoms with Crippen molar-refractivity contribution in [1.82, 2.24) is 10.2 Å². The number of methoxy groups -OCH3 is 1. The Balaban J connectivity index is 1.76. The molecule has 8 nitrogen and oxygen atoms in total. The van der Waals surface area contributed by atoms with Crippen LogP contribution in [0.2, 0.25) is 0 Å². The highest BCUT2D eigenvalue weighted by Crippen LogP contribution is 2.31. The third-order valence-corrected chi connectivity index (χ3v) is 8.62. The molecule has 180 valence electrons. The molecule has 1 amide bonds. The van der Waals surface area contributed by atoms with Crippen LogP contribution in [0, 0.1) is 0 Å². The third kappa shape index (κ3) is 5.64. The summed E-state index contributed by atoms with van der Waals surface area (Å²) in [7, 11) is -2.52. The summed E-state index contributed by atoms with van der Waals surface area (Å²) >= 11 is 2.67. The Labute approximate surface area is 212 Å². The van der Waals surface area contributed by atoms with E-state index >= 15 is 0 Å². The van der Waals surface area contributed by atoms with Gasteiger partial charge in [-0.2, -0.15) is 0 Å². The second kappa shape index (κ2) is 10.9. The predicted molar refractivity (Wildman–Crippen MR) is 139 cm³/mol. The van der Waals surface area contributed by atoms with Crippen molar-refractivity contribution in [3.05, 3.63) is 90.0 Å². The van der Waals surface area contributed by atoms with Crippen molar-refractivity contribution in [2.45, 2.75) is 15.8 Å². The molecule has 0 spiro atoms. The molecule has 1 N–H and O–H groups in total. The molecule has 0 atom stereocenters. The van der Waals surface area contributed by atoms with Gasteiger partial charge in [-0.3, -0.25) is 14.4 Å². The molecule has 0 aliphatic heterocycles. The molecule has 4 rings (SSSR count). The van der Waals surface area contributed by atoms with Gasteiger partial charge in [0.2, 0.25) is 5.13 Å². The number of aromatic nitrogens is 2. The summed E-state index contributed by atoms with van der Waals surface area (Å²) in [6.07, 6.45) is 1.87. The highest BCUT2D eigenvalue weighted by molar-refractivity contribution is 8.00. The van der Waals surface area contributed by atoms with Crippen LogP contribution in [0.3, 0.4) is 0 Å². The van der Waals surface area contributed by atoms with Crippen LogP contribution in [0.15, 0.2) is 88.1 Å². The van der Waals surface area contributed by atoms with Crippen molar-refractivity contribution in [2.75, 3.05) is 23.0 Å². The monoisotopic (exact) mass is 526 g/mol. The molecule has 11 heteroatoms. The van der Waals surface area contributed by atoms with Gasteiger partial charge >= 0.3 is 0 Å². The number of thioether (sulfide) groups is 1. The molecule has 4 aromatic rings. The fraction of sp³-hybridized carbons (Fsp3) is 0.125. The number of para-hydroxylation sites is 1. The van der Waals surface area contributed by atoms with Crippen LogP contribution in [0.5, 0.6) is 5.75 Å². The minimum absolute atomic E-state index is 0.0366. The van der Waals surface area contributed by atoms with Gasteiger partial charge in [0.15, 0.2) is 4.34 Å². The first-order chi connectivity index (χ1) is 16.9. The van der Waals surface area contributed by atoms with Gasteiger partial charge < -0.3 is 4.74 Å². The Morgan fingerprint density at radius 3 is 2.34 bits per heavy atom. The van der Waals surface area contributed by atoms with E-state index in [2.05, 4.69) is 15.5 Å². The zero-order valence-corrected chi connectivity index (χ0v) is 21.4. The standard InChI is InChI=1S/C24H22N4O4S3/c1-32-18-12-14-19(15-13-18)35(30,31)28(16-17-8-4-3-5-9-17)21-11-7-6-10-20(21)22(29)25-23-26-27-24(33-2)34-23/h3-15H,16H2,1-2H3,(H,25,26,29). The van der Waals surface area contributed by atoms with Crippen molar-refractivity contribution in [2.24, 2.45) is 0 Å². The van der Waals surface area contributed by atoms with Crippen molar-refractivity contribution in [3.63, 3.8) is 0 Å². The molecular formula is C24H22N4O4S3. The summed E-state index contributed by atoms with van der Waals surface area (Å²) < 4.78 is 34.8. The van der Waals surface area contributed by atoms with Crippen molar-refractivity contribution >= 4 is 49.8 Å². The average Bonchev–Trinajstić information content (AvgIpc) is 3.35. The molecule has 0 bridgehead atoms. The van der Waals surface area contributed by atoms with Crippen LogP contribution in [0.1, 0.15) is 15.9 Å². The lowest BCUT2D eigenvalue weighted by Crippen LogP contribution is -2.32. The van der Waals surface area contributed by atoms with Crippen LogP contribution >= 0.6 is 23.1 Å². The maximum Gasteiger partial charge on any atom is 0.264 e. The Morgan fingerprint density at radius 1 is 1.00 bits per heavy atom. The SMILES string of the molecule is COc1ccc(S(=O)(=O)N(Cc2ccccc2)c2ccccc2C(=O)Nc2nnc(SC)s2)cc1. The minimum atomic E-state index is -4.04. The van der Waals surface area contributed by atoms with Crippen LogP contribution in [0.4, 0.5) is 10.8 Å². The van der Waals surface area contributed by atoms with Crippen LogP contribution in [-0.2, 0) is 16.6 Å². The molecule has 0 saturated carbocycles. The number of ether oxygens (including phenoxy) is 1. The van der Waals surface area contributed by atoms with E-state index in [1.807, 2.05) is 36.6 Å². The van der Waals surface area contributed by atoms with E-state index < -0.39 is 15.9 Å². The number of hydrogen-bond acceptors (Lipinski definition) is 8. The number of sulfonamides is 1.